The second kappa shape index (κ2) is 6.55. The zero-order valence-corrected chi connectivity index (χ0v) is 12.0. The lowest BCUT2D eigenvalue weighted by atomic mass is 9.96. The first-order valence-corrected chi connectivity index (χ1v) is 7.10. The van der Waals surface area contributed by atoms with Gasteiger partial charge in [0.1, 0.15) is 0 Å². The van der Waals surface area contributed by atoms with Crippen molar-refractivity contribution in [2.45, 2.75) is 19.8 Å². The number of anilines is 1. The van der Waals surface area contributed by atoms with Crippen LogP contribution in [0, 0.1) is 5.92 Å². The van der Waals surface area contributed by atoms with Crippen molar-refractivity contribution in [2.24, 2.45) is 5.92 Å². The van der Waals surface area contributed by atoms with Gasteiger partial charge in [-0.3, -0.25) is 0 Å². The van der Waals surface area contributed by atoms with E-state index in [2.05, 4.69) is 27.3 Å². The number of hydrogen-bond donors (Lipinski definition) is 1. The molecule has 18 heavy (non-hydrogen) atoms. The number of hydrogen-bond acceptors (Lipinski definition) is 4. The molecule has 1 aliphatic rings. The van der Waals surface area contributed by atoms with Crippen molar-refractivity contribution in [2.75, 3.05) is 31.1 Å². The summed E-state index contributed by atoms with van der Waals surface area (Å²) in [6, 6.07) is 1.79. The molecule has 0 bridgehead atoms. The Kier molecular flexibility index (Phi) is 5.03. The quantitative estimate of drug-likeness (QED) is 0.925. The van der Waals surface area contributed by atoms with Gasteiger partial charge in [-0.25, -0.2) is 0 Å². The molecule has 100 valence electrons. The highest BCUT2D eigenvalue weighted by Gasteiger charge is 2.21. The zero-order chi connectivity index (χ0) is 13.0. The molecule has 6 heteroatoms. The van der Waals surface area contributed by atoms with E-state index in [1.807, 2.05) is 0 Å². The van der Waals surface area contributed by atoms with Crippen LogP contribution in [0.25, 0.3) is 0 Å². The molecule has 2 heterocycles. The standard InChI is InChI=1S/C12H18Cl2N4/c1-2-15-8-9-3-5-18(6-4-9)10-7-11(13)16-17-12(10)14/h7,9,15H,2-6,8H2,1H3. The largest absolute Gasteiger partial charge is 0.369 e. The van der Waals surface area contributed by atoms with Crippen LogP contribution in [0.2, 0.25) is 10.3 Å². The SMILES string of the molecule is CCNCC1CCN(c2cc(Cl)nnc2Cl)CC1. The summed E-state index contributed by atoms with van der Waals surface area (Å²) in [6.07, 6.45) is 2.34. The Morgan fingerprint density at radius 2 is 2.06 bits per heavy atom. The minimum atomic E-state index is 0.393. The maximum absolute atomic E-state index is 6.06. The van der Waals surface area contributed by atoms with Crippen LogP contribution >= 0.6 is 23.2 Å². The van der Waals surface area contributed by atoms with Crippen LogP contribution in [-0.4, -0.2) is 36.4 Å². The number of nitrogens with zero attached hydrogens (tertiary/aromatic N) is 3. The molecule has 1 aromatic rings. The van der Waals surface area contributed by atoms with Crippen LogP contribution < -0.4 is 10.2 Å². The normalized spacial score (nSPS) is 17.2. The Bertz CT molecular complexity index is 392. The molecule has 2 rings (SSSR count). The van der Waals surface area contributed by atoms with Gasteiger partial charge in [0.25, 0.3) is 0 Å². The first kappa shape index (κ1) is 13.8. The highest BCUT2D eigenvalue weighted by Crippen LogP contribution is 2.29. The fourth-order valence-corrected chi connectivity index (χ4v) is 2.65. The monoisotopic (exact) mass is 288 g/mol. The third-order valence-corrected chi connectivity index (χ3v) is 3.79. The van der Waals surface area contributed by atoms with Crippen molar-refractivity contribution in [3.63, 3.8) is 0 Å². The Morgan fingerprint density at radius 1 is 1.33 bits per heavy atom. The molecule has 1 aromatic heterocycles. The van der Waals surface area contributed by atoms with Gasteiger partial charge in [0.05, 0.1) is 5.69 Å². The minimum Gasteiger partial charge on any atom is -0.369 e. The van der Waals surface area contributed by atoms with Crippen molar-refractivity contribution < 1.29 is 0 Å². The number of nitrogens with one attached hydrogen (secondary N) is 1. The molecular formula is C12H18Cl2N4. The van der Waals surface area contributed by atoms with Crippen LogP contribution in [0.5, 0.6) is 0 Å². The van der Waals surface area contributed by atoms with Crippen LogP contribution in [-0.2, 0) is 0 Å². The molecule has 0 atom stereocenters. The van der Waals surface area contributed by atoms with E-state index in [-0.39, 0.29) is 0 Å². The molecule has 0 spiro atoms. The summed E-state index contributed by atoms with van der Waals surface area (Å²) >= 11 is 11.9. The van der Waals surface area contributed by atoms with E-state index in [0.717, 1.165) is 37.8 Å². The van der Waals surface area contributed by atoms with Gasteiger partial charge in [-0.05, 0) is 31.8 Å². The number of piperidine rings is 1. The Hall–Kier alpha value is -0.580. The van der Waals surface area contributed by atoms with Crippen LogP contribution in [0.1, 0.15) is 19.8 Å². The van der Waals surface area contributed by atoms with E-state index in [1.54, 1.807) is 6.07 Å². The maximum atomic E-state index is 6.06. The van der Waals surface area contributed by atoms with E-state index in [1.165, 1.54) is 12.8 Å². The molecule has 0 saturated carbocycles. The van der Waals surface area contributed by atoms with Gasteiger partial charge >= 0.3 is 0 Å². The van der Waals surface area contributed by atoms with E-state index in [4.69, 9.17) is 23.2 Å². The van der Waals surface area contributed by atoms with Gasteiger partial charge < -0.3 is 10.2 Å². The average molecular weight is 289 g/mol. The predicted octanol–water partition coefficient (Wildman–Crippen LogP) is 2.61. The summed E-state index contributed by atoms with van der Waals surface area (Å²) < 4.78 is 0. The van der Waals surface area contributed by atoms with Gasteiger partial charge in [0.2, 0.25) is 0 Å². The van der Waals surface area contributed by atoms with Crippen molar-refractivity contribution >= 4 is 28.9 Å². The van der Waals surface area contributed by atoms with Crippen molar-refractivity contribution in [3.05, 3.63) is 16.4 Å². The van der Waals surface area contributed by atoms with E-state index < -0.39 is 0 Å². The lowest BCUT2D eigenvalue weighted by molar-refractivity contribution is 0.386. The Morgan fingerprint density at radius 3 is 2.72 bits per heavy atom. The van der Waals surface area contributed by atoms with Crippen molar-refractivity contribution in [3.8, 4) is 0 Å². The summed E-state index contributed by atoms with van der Waals surface area (Å²) in [6.45, 7) is 6.28. The Balaban J connectivity index is 1.94. The number of halogens is 2. The molecule has 1 aliphatic heterocycles. The van der Waals surface area contributed by atoms with Crippen LogP contribution in [0.4, 0.5) is 5.69 Å². The Labute approximate surface area is 118 Å². The van der Waals surface area contributed by atoms with E-state index in [0.29, 0.717) is 10.3 Å². The van der Waals surface area contributed by atoms with E-state index >= 15 is 0 Å². The average Bonchev–Trinajstić information content (AvgIpc) is 2.40. The number of aromatic nitrogens is 2. The molecule has 1 fully saturated rings. The fraction of sp³-hybridized carbons (Fsp3) is 0.667. The summed E-state index contributed by atoms with van der Waals surface area (Å²) in [5, 5.41) is 11.8. The first-order chi connectivity index (χ1) is 8.70. The smallest absolute Gasteiger partial charge is 0.175 e. The first-order valence-electron chi connectivity index (χ1n) is 6.35. The summed E-state index contributed by atoms with van der Waals surface area (Å²) in [7, 11) is 0. The predicted molar refractivity (Wildman–Crippen MR) is 75.5 cm³/mol. The second-order valence-corrected chi connectivity index (χ2v) is 5.33. The molecule has 0 radical (unpaired) electrons. The topological polar surface area (TPSA) is 41.0 Å². The van der Waals surface area contributed by atoms with Gasteiger partial charge in [-0.1, -0.05) is 30.1 Å². The second-order valence-electron chi connectivity index (χ2n) is 4.58. The van der Waals surface area contributed by atoms with Gasteiger partial charge in [-0.15, -0.1) is 10.2 Å². The van der Waals surface area contributed by atoms with Crippen LogP contribution in [0.15, 0.2) is 6.07 Å². The lowest BCUT2D eigenvalue weighted by Crippen LogP contribution is -2.37. The fourth-order valence-electron chi connectivity index (χ4n) is 2.29. The highest BCUT2D eigenvalue weighted by atomic mass is 35.5. The molecule has 4 nitrogen and oxygen atoms in total. The molecule has 0 aliphatic carbocycles. The van der Waals surface area contributed by atoms with Crippen molar-refractivity contribution in [1.82, 2.24) is 15.5 Å². The van der Waals surface area contributed by atoms with Gasteiger partial charge in [-0.2, -0.15) is 0 Å². The van der Waals surface area contributed by atoms with Crippen LogP contribution in [0.3, 0.4) is 0 Å². The molecule has 0 amide bonds. The molecule has 1 N–H and O–H groups in total. The summed E-state index contributed by atoms with van der Waals surface area (Å²) in [5.41, 5.74) is 0.901. The van der Waals surface area contributed by atoms with Gasteiger partial charge in [0.15, 0.2) is 10.3 Å². The minimum absolute atomic E-state index is 0.393. The third-order valence-electron chi connectivity index (χ3n) is 3.34. The summed E-state index contributed by atoms with van der Waals surface area (Å²) in [5.74, 6) is 0.755. The third kappa shape index (κ3) is 3.46. The van der Waals surface area contributed by atoms with Crippen molar-refractivity contribution in [1.29, 1.82) is 0 Å². The molecule has 1 saturated heterocycles. The molecular weight excluding hydrogens is 271 g/mol. The highest BCUT2D eigenvalue weighted by molar-refractivity contribution is 6.33. The summed E-state index contributed by atoms with van der Waals surface area (Å²) in [4.78, 5) is 2.24. The lowest BCUT2D eigenvalue weighted by Gasteiger charge is -2.33. The maximum Gasteiger partial charge on any atom is 0.175 e. The zero-order valence-electron chi connectivity index (χ0n) is 10.5. The number of rotatable bonds is 4. The molecule has 0 aromatic carbocycles. The van der Waals surface area contributed by atoms with E-state index in [9.17, 15) is 0 Å². The van der Waals surface area contributed by atoms with Gasteiger partial charge in [0, 0.05) is 19.2 Å². The molecule has 0 unspecified atom stereocenters.